The zero-order valence-electron chi connectivity index (χ0n) is 10.3. The number of benzene rings is 1. The Morgan fingerprint density at radius 1 is 1.56 bits per heavy atom. The molecule has 1 aromatic carbocycles. The Morgan fingerprint density at radius 2 is 2.28 bits per heavy atom. The van der Waals surface area contributed by atoms with Crippen molar-refractivity contribution in [3.8, 4) is 5.75 Å². The number of halogens is 1. The standard InChI is InChI=1S/C13H17FN2O2/c1-2-6-13(16)7-5-8-9(12(15)17)3-4-10(14)11(8)18-13/h3-4H,2,5-7,16H2,1H3,(H2,15,17). The van der Waals surface area contributed by atoms with Crippen molar-refractivity contribution in [2.45, 2.75) is 38.3 Å². The monoisotopic (exact) mass is 252 g/mol. The fourth-order valence-electron chi connectivity index (χ4n) is 2.38. The van der Waals surface area contributed by atoms with Gasteiger partial charge in [0.05, 0.1) is 0 Å². The number of hydrogen-bond donors (Lipinski definition) is 2. The molecule has 0 spiro atoms. The van der Waals surface area contributed by atoms with Crippen molar-refractivity contribution in [1.29, 1.82) is 0 Å². The normalized spacial score (nSPS) is 22.2. The van der Waals surface area contributed by atoms with Crippen LogP contribution in [0.2, 0.25) is 0 Å². The molecular formula is C13H17FN2O2. The van der Waals surface area contributed by atoms with E-state index in [0.717, 1.165) is 6.42 Å². The van der Waals surface area contributed by atoms with Crippen LogP contribution in [-0.4, -0.2) is 11.6 Å². The van der Waals surface area contributed by atoms with Gasteiger partial charge in [0.2, 0.25) is 5.91 Å². The van der Waals surface area contributed by atoms with E-state index in [1.54, 1.807) is 0 Å². The fraction of sp³-hybridized carbons (Fsp3) is 0.462. The molecule has 1 heterocycles. The number of ether oxygens (including phenoxy) is 1. The summed E-state index contributed by atoms with van der Waals surface area (Å²) in [4.78, 5) is 11.3. The third-order valence-corrected chi connectivity index (χ3v) is 3.25. The van der Waals surface area contributed by atoms with Crippen molar-refractivity contribution in [1.82, 2.24) is 0 Å². The average Bonchev–Trinajstić information content (AvgIpc) is 2.30. The molecule has 0 saturated heterocycles. The summed E-state index contributed by atoms with van der Waals surface area (Å²) < 4.78 is 19.3. The SMILES string of the molecule is CCCC1(N)CCc2c(C(N)=O)ccc(F)c2O1. The highest BCUT2D eigenvalue weighted by molar-refractivity contribution is 5.95. The van der Waals surface area contributed by atoms with E-state index in [0.29, 0.717) is 30.4 Å². The molecule has 4 N–H and O–H groups in total. The molecule has 0 aliphatic carbocycles. The second-order valence-electron chi connectivity index (χ2n) is 4.68. The summed E-state index contributed by atoms with van der Waals surface area (Å²) in [6.07, 6.45) is 2.55. The number of carbonyl (C=O) groups is 1. The fourth-order valence-corrected chi connectivity index (χ4v) is 2.38. The van der Waals surface area contributed by atoms with Gasteiger partial charge in [0.25, 0.3) is 0 Å². The summed E-state index contributed by atoms with van der Waals surface area (Å²) in [5.74, 6) is -0.996. The van der Waals surface area contributed by atoms with E-state index in [4.69, 9.17) is 16.2 Å². The molecule has 0 fully saturated rings. The Morgan fingerprint density at radius 3 is 2.89 bits per heavy atom. The van der Waals surface area contributed by atoms with Gasteiger partial charge in [-0.25, -0.2) is 4.39 Å². The number of hydrogen-bond acceptors (Lipinski definition) is 3. The minimum Gasteiger partial charge on any atom is -0.470 e. The van der Waals surface area contributed by atoms with Crippen LogP contribution in [0.1, 0.15) is 42.1 Å². The maximum atomic E-state index is 13.8. The molecule has 98 valence electrons. The van der Waals surface area contributed by atoms with Crippen LogP contribution in [0.15, 0.2) is 12.1 Å². The number of primary amides is 1. The minimum atomic E-state index is -0.848. The number of nitrogens with two attached hydrogens (primary N) is 2. The number of carbonyl (C=O) groups excluding carboxylic acids is 1. The third-order valence-electron chi connectivity index (χ3n) is 3.25. The lowest BCUT2D eigenvalue weighted by molar-refractivity contribution is 0.0381. The van der Waals surface area contributed by atoms with Gasteiger partial charge in [-0.2, -0.15) is 0 Å². The van der Waals surface area contributed by atoms with Gasteiger partial charge in [0.15, 0.2) is 17.3 Å². The zero-order valence-corrected chi connectivity index (χ0v) is 10.3. The number of rotatable bonds is 3. The highest BCUT2D eigenvalue weighted by Crippen LogP contribution is 2.36. The molecule has 1 amide bonds. The first-order chi connectivity index (χ1) is 8.47. The first kappa shape index (κ1) is 12.8. The van der Waals surface area contributed by atoms with Crippen molar-refractivity contribution >= 4 is 5.91 Å². The lowest BCUT2D eigenvalue weighted by Gasteiger charge is -2.36. The second-order valence-corrected chi connectivity index (χ2v) is 4.68. The first-order valence-electron chi connectivity index (χ1n) is 6.06. The lowest BCUT2D eigenvalue weighted by Crippen LogP contribution is -2.48. The molecule has 1 atom stereocenters. The Bertz CT molecular complexity index is 490. The highest BCUT2D eigenvalue weighted by atomic mass is 19.1. The third kappa shape index (κ3) is 2.18. The van der Waals surface area contributed by atoms with Crippen molar-refractivity contribution in [2.24, 2.45) is 11.5 Å². The van der Waals surface area contributed by atoms with E-state index in [1.165, 1.54) is 12.1 Å². The first-order valence-corrected chi connectivity index (χ1v) is 6.06. The van der Waals surface area contributed by atoms with Gasteiger partial charge < -0.3 is 10.5 Å². The predicted molar refractivity (Wildman–Crippen MR) is 65.7 cm³/mol. The van der Waals surface area contributed by atoms with E-state index in [1.807, 2.05) is 6.92 Å². The van der Waals surface area contributed by atoms with Crippen LogP contribution < -0.4 is 16.2 Å². The van der Waals surface area contributed by atoms with Gasteiger partial charge in [0, 0.05) is 24.0 Å². The molecule has 0 bridgehead atoms. The molecular weight excluding hydrogens is 235 g/mol. The zero-order chi connectivity index (χ0) is 13.3. The Labute approximate surface area is 105 Å². The molecule has 0 saturated carbocycles. The van der Waals surface area contributed by atoms with E-state index >= 15 is 0 Å². The molecule has 2 rings (SSSR count). The summed E-state index contributed by atoms with van der Waals surface area (Å²) >= 11 is 0. The van der Waals surface area contributed by atoms with Gasteiger partial charge in [-0.1, -0.05) is 13.3 Å². The van der Waals surface area contributed by atoms with Gasteiger partial charge >= 0.3 is 0 Å². The largest absolute Gasteiger partial charge is 0.470 e. The van der Waals surface area contributed by atoms with Crippen LogP contribution in [0.25, 0.3) is 0 Å². The summed E-state index contributed by atoms with van der Waals surface area (Å²) in [6, 6.07) is 2.58. The maximum absolute atomic E-state index is 13.8. The molecule has 18 heavy (non-hydrogen) atoms. The van der Waals surface area contributed by atoms with E-state index in [9.17, 15) is 9.18 Å². The van der Waals surface area contributed by atoms with Crippen LogP contribution >= 0.6 is 0 Å². The molecule has 5 heteroatoms. The van der Waals surface area contributed by atoms with Crippen molar-refractivity contribution in [3.63, 3.8) is 0 Å². The quantitative estimate of drug-likeness (QED) is 0.859. The van der Waals surface area contributed by atoms with Gasteiger partial charge in [-0.3, -0.25) is 10.5 Å². The van der Waals surface area contributed by atoms with E-state index < -0.39 is 17.4 Å². The van der Waals surface area contributed by atoms with Crippen LogP contribution in [0.5, 0.6) is 5.75 Å². The van der Waals surface area contributed by atoms with Crippen LogP contribution in [-0.2, 0) is 6.42 Å². The van der Waals surface area contributed by atoms with E-state index in [-0.39, 0.29) is 5.75 Å². The van der Waals surface area contributed by atoms with Gasteiger partial charge in [-0.05, 0) is 18.6 Å². The second kappa shape index (κ2) is 4.57. The molecule has 1 aliphatic rings. The van der Waals surface area contributed by atoms with Crippen molar-refractivity contribution in [3.05, 3.63) is 29.1 Å². The maximum Gasteiger partial charge on any atom is 0.249 e. The van der Waals surface area contributed by atoms with Crippen molar-refractivity contribution in [2.75, 3.05) is 0 Å². The molecule has 1 aromatic rings. The minimum absolute atomic E-state index is 0.0773. The smallest absolute Gasteiger partial charge is 0.249 e. The lowest BCUT2D eigenvalue weighted by atomic mass is 9.92. The summed E-state index contributed by atoms with van der Waals surface area (Å²) in [5, 5.41) is 0. The topological polar surface area (TPSA) is 78.3 Å². The molecule has 4 nitrogen and oxygen atoms in total. The molecule has 0 aromatic heterocycles. The number of fused-ring (bicyclic) bond motifs is 1. The Hall–Kier alpha value is -1.62. The molecule has 1 aliphatic heterocycles. The Balaban J connectivity index is 2.44. The summed E-state index contributed by atoms with van der Waals surface area (Å²) in [5.41, 5.74) is 11.3. The average molecular weight is 252 g/mol. The van der Waals surface area contributed by atoms with Gasteiger partial charge in [-0.15, -0.1) is 0 Å². The highest BCUT2D eigenvalue weighted by Gasteiger charge is 2.34. The van der Waals surface area contributed by atoms with Crippen LogP contribution in [0.3, 0.4) is 0 Å². The Kier molecular flexibility index (Phi) is 3.26. The number of amides is 1. The van der Waals surface area contributed by atoms with Crippen LogP contribution in [0.4, 0.5) is 4.39 Å². The summed E-state index contributed by atoms with van der Waals surface area (Å²) in [7, 11) is 0. The molecule has 0 radical (unpaired) electrons. The summed E-state index contributed by atoms with van der Waals surface area (Å²) in [6.45, 7) is 1.99. The van der Waals surface area contributed by atoms with Gasteiger partial charge in [0.1, 0.15) is 0 Å². The van der Waals surface area contributed by atoms with E-state index in [2.05, 4.69) is 0 Å². The predicted octanol–water partition coefficient (Wildman–Crippen LogP) is 1.70. The molecule has 1 unspecified atom stereocenters. The van der Waals surface area contributed by atoms with Crippen LogP contribution in [0, 0.1) is 5.82 Å². The van der Waals surface area contributed by atoms with Crippen molar-refractivity contribution < 1.29 is 13.9 Å².